The Morgan fingerprint density at radius 2 is 1.72 bits per heavy atom. The number of halogens is 2. The van der Waals surface area contributed by atoms with Crippen molar-refractivity contribution in [3.8, 4) is 11.4 Å². The number of benzene rings is 2. The average Bonchev–Trinajstić information content (AvgIpc) is 2.41. The first-order valence-electron chi connectivity index (χ1n) is 5.42. The number of para-hydroxylation sites is 1. The summed E-state index contributed by atoms with van der Waals surface area (Å²) in [7, 11) is 0. The Kier molecular flexibility index (Phi) is 2.90. The van der Waals surface area contributed by atoms with Crippen LogP contribution >= 0.6 is 23.2 Å². The summed E-state index contributed by atoms with van der Waals surface area (Å²) in [5.74, 6) is 0.584. The number of aromatic nitrogens is 2. The van der Waals surface area contributed by atoms with Crippen molar-refractivity contribution in [1.82, 2.24) is 9.97 Å². The van der Waals surface area contributed by atoms with Crippen LogP contribution < -0.4 is 0 Å². The molecule has 18 heavy (non-hydrogen) atoms. The van der Waals surface area contributed by atoms with E-state index in [0.29, 0.717) is 15.9 Å². The van der Waals surface area contributed by atoms with Crippen LogP contribution in [0.2, 0.25) is 10.0 Å². The molecule has 0 aliphatic rings. The molecule has 0 aliphatic heterocycles. The summed E-state index contributed by atoms with van der Waals surface area (Å²) >= 11 is 12.2. The van der Waals surface area contributed by atoms with Crippen molar-refractivity contribution in [1.29, 1.82) is 0 Å². The standard InChI is InChI=1S/C14H8Cl2N2/c15-11-6-3-5-10(13(11)16)14-17-8-9-4-1-2-7-12(9)18-14/h1-8H. The molecule has 3 rings (SSSR count). The molecule has 0 atom stereocenters. The van der Waals surface area contributed by atoms with Gasteiger partial charge in [-0.2, -0.15) is 0 Å². The molecule has 1 aromatic heterocycles. The van der Waals surface area contributed by atoms with Crippen LogP contribution in [0, 0.1) is 0 Å². The van der Waals surface area contributed by atoms with Gasteiger partial charge in [0.15, 0.2) is 5.82 Å². The van der Waals surface area contributed by atoms with Crippen LogP contribution in [0.1, 0.15) is 0 Å². The molecule has 0 unspecified atom stereocenters. The average molecular weight is 275 g/mol. The lowest BCUT2D eigenvalue weighted by Gasteiger charge is -2.05. The third-order valence-electron chi connectivity index (χ3n) is 2.68. The number of hydrogen-bond donors (Lipinski definition) is 0. The van der Waals surface area contributed by atoms with E-state index >= 15 is 0 Å². The molecule has 0 bridgehead atoms. The first kappa shape index (κ1) is 11.5. The topological polar surface area (TPSA) is 25.8 Å². The lowest BCUT2D eigenvalue weighted by molar-refractivity contribution is 1.23. The Labute approximate surface area is 114 Å². The summed E-state index contributed by atoms with van der Waals surface area (Å²) < 4.78 is 0. The second-order valence-electron chi connectivity index (χ2n) is 3.85. The Morgan fingerprint density at radius 3 is 2.61 bits per heavy atom. The van der Waals surface area contributed by atoms with Crippen LogP contribution in [0.4, 0.5) is 0 Å². The summed E-state index contributed by atoms with van der Waals surface area (Å²) in [6.45, 7) is 0. The summed E-state index contributed by atoms with van der Waals surface area (Å²) in [6, 6.07) is 13.3. The fraction of sp³-hybridized carbons (Fsp3) is 0. The van der Waals surface area contributed by atoms with Gasteiger partial charge in [-0.05, 0) is 18.2 Å². The molecule has 0 amide bonds. The van der Waals surface area contributed by atoms with E-state index in [1.54, 1.807) is 12.3 Å². The highest BCUT2D eigenvalue weighted by molar-refractivity contribution is 6.43. The second-order valence-corrected chi connectivity index (χ2v) is 4.64. The molecule has 0 fully saturated rings. The molecule has 0 spiro atoms. The molecule has 2 nitrogen and oxygen atoms in total. The maximum Gasteiger partial charge on any atom is 0.161 e. The molecule has 0 N–H and O–H groups in total. The van der Waals surface area contributed by atoms with E-state index in [4.69, 9.17) is 23.2 Å². The quantitative estimate of drug-likeness (QED) is 0.648. The van der Waals surface area contributed by atoms with E-state index in [0.717, 1.165) is 16.5 Å². The Bertz CT molecular complexity index is 726. The van der Waals surface area contributed by atoms with Crippen molar-refractivity contribution < 1.29 is 0 Å². The Balaban J connectivity index is 2.22. The van der Waals surface area contributed by atoms with Gasteiger partial charge < -0.3 is 0 Å². The van der Waals surface area contributed by atoms with Gasteiger partial charge in [0.05, 0.1) is 15.6 Å². The predicted molar refractivity (Wildman–Crippen MR) is 75.0 cm³/mol. The van der Waals surface area contributed by atoms with Crippen LogP contribution in [0.5, 0.6) is 0 Å². The van der Waals surface area contributed by atoms with Gasteiger partial charge in [0.1, 0.15) is 0 Å². The fourth-order valence-corrected chi connectivity index (χ4v) is 2.16. The van der Waals surface area contributed by atoms with Crippen molar-refractivity contribution in [3.05, 3.63) is 58.7 Å². The zero-order valence-electron chi connectivity index (χ0n) is 9.27. The first-order chi connectivity index (χ1) is 8.75. The number of nitrogens with zero attached hydrogens (tertiary/aromatic N) is 2. The lowest BCUT2D eigenvalue weighted by Crippen LogP contribution is -1.90. The molecule has 0 radical (unpaired) electrons. The van der Waals surface area contributed by atoms with E-state index in [-0.39, 0.29) is 0 Å². The van der Waals surface area contributed by atoms with Crippen LogP contribution in [0.15, 0.2) is 48.7 Å². The number of fused-ring (bicyclic) bond motifs is 1. The van der Waals surface area contributed by atoms with E-state index < -0.39 is 0 Å². The van der Waals surface area contributed by atoms with Crippen LogP contribution in [0.3, 0.4) is 0 Å². The molecule has 3 aromatic rings. The van der Waals surface area contributed by atoms with E-state index in [1.165, 1.54) is 0 Å². The van der Waals surface area contributed by atoms with E-state index in [9.17, 15) is 0 Å². The molecule has 88 valence electrons. The molecule has 4 heteroatoms. The van der Waals surface area contributed by atoms with Crippen molar-refractivity contribution in [2.24, 2.45) is 0 Å². The summed E-state index contributed by atoms with van der Waals surface area (Å²) in [5.41, 5.74) is 1.63. The second kappa shape index (κ2) is 4.56. The summed E-state index contributed by atoms with van der Waals surface area (Å²) in [6.07, 6.45) is 1.79. The van der Waals surface area contributed by atoms with Gasteiger partial charge in [-0.25, -0.2) is 9.97 Å². The van der Waals surface area contributed by atoms with Gasteiger partial charge in [-0.3, -0.25) is 0 Å². The molecule has 0 saturated carbocycles. The van der Waals surface area contributed by atoms with Crippen molar-refractivity contribution >= 4 is 34.1 Å². The highest BCUT2D eigenvalue weighted by Gasteiger charge is 2.09. The largest absolute Gasteiger partial charge is 0.236 e. The van der Waals surface area contributed by atoms with Gasteiger partial charge in [-0.1, -0.05) is 47.5 Å². The van der Waals surface area contributed by atoms with Crippen LogP contribution in [-0.2, 0) is 0 Å². The minimum atomic E-state index is 0.481. The highest BCUT2D eigenvalue weighted by Crippen LogP contribution is 2.31. The van der Waals surface area contributed by atoms with Gasteiger partial charge in [0.2, 0.25) is 0 Å². The van der Waals surface area contributed by atoms with Crippen molar-refractivity contribution in [3.63, 3.8) is 0 Å². The normalized spacial score (nSPS) is 10.8. The SMILES string of the molecule is Clc1cccc(-c2ncc3ccccc3n2)c1Cl. The molecular weight excluding hydrogens is 267 g/mol. The Hall–Kier alpha value is -1.64. The minimum Gasteiger partial charge on any atom is -0.236 e. The third kappa shape index (κ3) is 1.94. The zero-order valence-corrected chi connectivity index (χ0v) is 10.8. The molecule has 0 saturated heterocycles. The fourth-order valence-electron chi connectivity index (χ4n) is 1.78. The Morgan fingerprint density at radius 1 is 0.889 bits per heavy atom. The number of rotatable bonds is 1. The predicted octanol–water partition coefficient (Wildman–Crippen LogP) is 4.60. The van der Waals surface area contributed by atoms with E-state index in [1.807, 2.05) is 36.4 Å². The van der Waals surface area contributed by atoms with Crippen molar-refractivity contribution in [2.75, 3.05) is 0 Å². The lowest BCUT2D eigenvalue weighted by atomic mass is 10.2. The van der Waals surface area contributed by atoms with E-state index in [2.05, 4.69) is 9.97 Å². The first-order valence-corrected chi connectivity index (χ1v) is 6.17. The highest BCUT2D eigenvalue weighted by atomic mass is 35.5. The smallest absolute Gasteiger partial charge is 0.161 e. The molecule has 0 aliphatic carbocycles. The summed E-state index contributed by atoms with van der Waals surface area (Å²) in [4.78, 5) is 8.82. The van der Waals surface area contributed by atoms with Gasteiger partial charge >= 0.3 is 0 Å². The summed E-state index contributed by atoms with van der Waals surface area (Å²) in [5, 5.41) is 1.99. The minimum absolute atomic E-state index is 0.481. The van der Waals surface area contributed by atoms with Crippen molar-refractivity contribution in [2.45, 2.75) is 0 Å². The molecular formula is C14H8Cl2N2. The molecule has 1 heterocycles. The molecule has 2 aromatic carbocycles. The zero-order chi connectivity index (χ0) is 12.5. The maximum atomic E-state index is 6.17. The van der Waals surface area contributed by atoms with Gasteiger partial charge in [-0.15, -0.1) is 0 Å². The van der Waals surface area contributed by atoms with Crippen LogP contribution in [0.25, 0.3) is 22.3 Å². The third-order valence-corrected chi connectivity index (χ3v) is 3.50. The van der Waals surface area contributed by atoms with Gasteiger partial charge in [0, 0.05) is 17.1 Å². The van der Waals surface area contributed by atoms with Gasteiger partial charge in [0.25, 0.3) is 0 Å². The van der Waals surface area contributed by atoms with Crippen LogP contribution in [-0.4, -0.2) is 9.97 Å². The number of hydrogen-bond acceptors (Lipinski definition) is 2. The monoisotopic (exact) mass is 274 g/mol. The maximum absolute atomic E-state index is 6.17.